The Morgan fingerprint density at radius 3 is 2.85 bits per heavy atom. The normalized spacial score (nSPS) is 15.4. The summed E-state index contributed by atoms with van der Waals surface area (Å²) in [5, 5.41) is 19.3. The number of aryl methyl sites for hydroxylation is 1. The molecule has 1 aromatic carbocycles. The molecule has 0 fully saturated rings. The number of hydrogen-bond donors (Lipinski definition) is 0. The Kier molecular flexibility index (Phi) is 4.90. The number of nitriles is 1. The van der Waals surface area contributed by atoms with E-state index in [2.05, 4.69) is 54.4 Å². The molecular formula is C21H22N4OS. The summed E-state index contributed by atoms with van der Waals surface area (Å²) in [6, 6.07) is 13.0. The van der Waals surface area contributed by atoms with Crippen LogP contribution in [0.2, 0.25) is 0 Å². The van der Waals surface area contributed by atoms with Crippen LogP contribution >= 0.6 is 11.8 Å². The van der Waals surface area contributed by atoms with Crippen LogP contribution in [0.5, 0.6) is 0 Å². The maximum Gasteiger partial charge on any atom is 0.167 e. The molecule has 0 aliphatic carbocycles. The van der Waals surface area contributed by atoms with Crippen molar-refractivity contribution in [2.24, 2.45) is 0 Å². The molecule has 27 heavy (non-hydrogen) atoms. The van der Waals surface area contributed by atoms with Crippen molar-refractivity contribution in [3.05, 3.63) is 58.9 Å². The fourth-order valence-electron chi connectivity index (χ4n) is 3.56. The van der Waals surface area contributed by atoms with E-state index in [1.807, 2.05) is 10.5 Å². The Hall–Kier alpha value is -2.36. The zero-order valence-electron chi connectivity index (χ0n) is 15.6. The lowest BCUT2D eigenvalue weighted by Crippen LogP contribution is -2.33. The second kappa shape index (κ2) is 7.34. The molecule has 0 bridgehead atoms. The summed E-state index contributed by atoms with van der Waals surface area (Å²) >= 11 is 1.72. The first-order chi connectivity index (χ1) is 13.1. The highest BCUT2D eigenvalue weighted by molar-refractivity contribution is 7.99. The minimum Gasteiger partial charge on any atom is -0.370 e. The number of fused-ring (bicyclic) bond motifs is 3. The molecule has 5 nitrogen and oxygen atoms in total. The van der Waals surface area contributed by atoms with Gasteiger partial charge in [-0.05, 0) is 43.6 Å². The first-order valence-electron chi connectivity index (χ1n) is 9.17. The maximum atomic E-state index is 9.92. The van der Waals surface area contributed by atoms with E-state index in [1.165, 1.54) is 5.56 Å². The van der Waals surface area contributed by atoms with Crippen LogP contribution < -0.4 is 0 Å². The van der Waals surface area contributed by atoms with Gasteiger partial charge in [-0.2, -0.15) is 5.26 Å². The molecule has 1 aliphatic rings. The van der Waals surface area contributed by atoms with E-state index in [0.717, 1.165) is 46.0 Å². The number of hydrogen-bond acceptors (Lipinski definition) is 5. The van der Waals surface area contributed by atoms with Crippen LogP contribution in [0.4, 0.5) is 0 Å². The van der Waals surface area contributed by atoms with Crippen molar-refractivity contribution in [3.8, 4) is 6.07 Å². The Bertz CT molecular complexity index is 1000. The lowest BCUT2D eigenvalue weighted by atomic mass is 9.90. The summed E-state index contributed by atoms with van der Waals surface area (Å²) in [6.45, 7) is 4.60. The lowest BCUT2D eigenvalue weighted by molar-refractivity contribution is -0.0398. The first-order valence-corrected chi connectivity index (χ1v) is 10.2. The molecule has 0 amide bonds. The Morgan fingerprint density at radius 1 is 1.26 bits per heavy atom. The zero-order valence-corrected chi connectivity index (χ0v) is 16.4. The van der Waals surface area contributed by atoms with Crippen molar-refractivity contribution in [1.29, 1.82) is 5.26 Å². The van der Waals surface area contributed by atoms with Crippen molar-refractivity contribution in [1.82, 2.24) is 14.6 Å². The second-order valence-corrected chi connectivity index (χ2v) is 8.52. The molecule has 6 heteroatoms. The molecule has 0 radical (unpaired) electrons. The number of ether oxygens (including phenoxy) is 1. The molecule has 2 aromatic heterocycles. The van der Waals surface area contributed by atoms with Crippen molar-refractivity contribution in [2.75, 3.05) is 5.75 Å². The van der Waals surface area contributed by atoms with Gasteiger partial charge < -0.3 is 4.74 Å². The number of rotatable bonds is 5. The Morgan fingerprint density at radius 2 is 2.07 bits per heavy atom. The van der Waals surface area contributed by atoms with Gasteiger partial charge in [0.05, 0.1) is 17.8 Å². The molecule has 1 aliphatic heterocycles. The topological polar surface area (TPSA) is 63.2 Å². The van der Waals surface area contributed by atoms with Gasteiger partial charge in [-0.3, -0.25) is 4.40 Å². The van der Waals surface area contributed by atoms with E-state index < -0.39 is 0 Å². The molecule has 0 atom stereocenters. The predicted octanol–water partition coefficient (Wildman–Crippen LogP) is 4.18. The molecule has 3 heterocycles. The largest absolute Gasteiger partial charge is 0.370 e. The molecule has 138 valence electrons. The van der Waals surface area contributed by atoms with Crippen LogP contribution in [0, 0.1) is 11.3 Å². The van der Waals surface area contributed by atoms with Crippen molar-refractivity contribution >= 4 is 17.4 Å². The van der Waals surface area contributed by atoms with Gasteiger partial charge >= 0.3 is 0 Å². The number of pyridine rings is 1. The molecular weight excluding hydrogens is 356 g/mol. The van der Waals surface area contributed by atoms with Gasteiger partial charge in [0.2, 0.25) is 0 Å². The summed E-state index contributed by atoms with van der Waals surface area (Å²) in [7, 11) is 0. The predicted molar refractivity (Wildman–Crippen MR) is 106 cm³/mol. The van der Waals surface area contributed by atoms with Gasteiger partial charge in [-0.1, -0.05) is 30.3 Å². The highest BCUT2D eigenvalue weighted by Gasteiger charge is 2.32. The minimum atomic E-state index is -0.272. The molecule has 3 aromatic rings. The van der Waals surface area contributed by atoms with Gasteiger partial charge in [0, 0.05) is 12.0 Å². The van der Waals surface area contributed by atoms with E-state index in [-0.39, 0.29) is 5.60 Å². The van der Waals surface area contributed by atoms with Crippen LogP contribution in [0.15, 0.2) is 41.7 Å². The standard InChI is InChI=1S/C21H22N4OS/c1-21(2)11-16-17(12-22)20(25-14-23-24-19(25)18(16)13-26-21)27-10-6-9-15-7-4-3-5-8-15/h3-5,7-8,14H,6,9-11,13H2,1-2H3. The van der Waals surface area contributed by atoms with Crippen LogP contribution in [0.3, 0.4) is 0 Å². The second-order valence-electron chi connectivity index (χ2n) is 7.44. The number of benzene rings is 1. The van der Waals surface area contributed by atoms with E-state index in [1.54, 1.807) is 18.1 Å². The smallest absolute Gasteiger partial charge is 0.167 e. The van der Waals surface area contributed by atoms with Gasteiger partial charge in [-0.15, -0.1) is 22.0 Å². The highest BCUT2D eigenvalue weighted by atomic mass is 32.2. The Balaban J connectivity index is 1.62. The van der Waals surface area contributed by atoms with Crippen LogP contribution in [0.25, 0.3) is 5.65 Å². The van der Waals surface area contributed by atoms with E-state index >= 15 is 0 Å². The van der Waals surface area contributed by atoms with E-state index in [0.29, 0.717) is 13.0 Å². The molecule has 0 N–H and O–H groups in total. The third-order valence-electron chi connectivity index (χ3n) is 4.93. The van der Waals surface area contributed by atoms with Crippen molar-refractivity contribution in [2.45, 2.75) is 50.3 Å². The highest BCUT2D eigenvalue weighted by Crippen LogP contribution is 2.36. The number of aromatic nitrogens is 3. The summed E-state index contributed by atoms with van der Waals surface area (Å²) in [4.78, 5) is 0. The molecule has 0 saturated carbocycles. The lowest BCUT2D eigenvalue weighted by Gasteiger charge is -2.33. The fraction of sp³-hybridized carbons (Fsp3) is 0.381. The number of thioether (sulfide) groups is 1. The Labute approximate surface area is 163 Å². The third-order valence-corrected chi connectivity index (χ3v) is 6.10. The van der Waals surface area contributed by atoms with Crippen LogP contribution in [-0.4, -0.2) is 26.0 Å². The molecule has 0 spiro atoms. The zero-order chi connectivity index (χ0) is 18.9. The molecule has 0 saturated heterocycles. The summed E-state index contributed by atoms with van der Waals surface area (Å²) in [5.41, 5.74) is 4.70. The summed E-state index contributed by atoms with van der Waals surface area (Å²) in [5.74, 6) is 0.940. The number of nitrogens with zero attached hydrogens (tertiary/aromatic N) is 4. The monoisotopic (exact) mass is 378 g/mol. The van der Waals surface area contributed by atoms with Gasteiger partial charge in [0.15, 0.2) is 5.65 Å². The maximum absolute atomic E-state index is 9.92. The van der Waals surface area contributed by atoms with Crippen molar-refractivity contribution in [3.63, 3.8) is 0 Å². The summed E-state index contributed by atoms with van der Waals surface area (Å²) < 4.78 is 7.91. The van der Waals surface area contributed by atoms with Crippen LogP contribution in [-0.2, 0) is 24.2 Å². The van der Waals surface area contributed by atoms with Gasteiger partial charge in [0.25, 0.3) is 0 Å². The van der Waals surface area contributed by atoms with E-state index in [4.69, 9.17) is 4.74 Å². The minimum absolute atomic E-state index is 0.272. The van der Waals surface area contributed by atoms with Crippen molar-refractivity contribution < 1.29 is 4.74 Å². The average molecular weight is 379 g/mol. The third kappa shape index (κ3) is 3.58. The van der Waals surface area contributed by atoms with Crippen LogP contribution in [0.1, 0.15) is 42.5 Å². The van der Waals surface area contributed by atoms with Gasteiger partial charge in [-0.25, -0.2) is 0 Å². The molecule has 0 unspecified atom stereocenters. The molecule has 4 rings (SSSR count). The SMILES string of the molecule is CC1(C)Cc2c(C#N)c(SCCCc3ccccc3)n3cnnc3c2CO1. The average Bonchev–Trinajstić information content (AvgIpc) is 3.14. The fourth-order valence-corrected chi connectivity index (χ4v) is 4.63. The first kappa shape index (κ1) is 18.0. The quantitative estimate of drug-likeness (QED) is 0.492. The van der Waals surface area contributed by atoms with Gasteiger partial charge in [0.1, 0.15) is 17.4 Å². The summed E-state index contributed by atoms with van der Waals surface area (Å²) in [6.07, 6.45) is 4.50. The van der Waals surface area contributed by atoms with E-state index in [9.17, 15) is 5.26 Å².